The van der Waals surface area contributed by atoms with E-state index < -0.39 is 5.54 Å². The summed E-state index contributed by atoms with van der Waals surface area (Å²) in [6.45, 7) is 3.77. The van der Waals surface area contributed by atoms with Gasteiger partial charge in [0.1, 0.15) is 0 Å². The van der Waals surface area contributed by atoms with Crippen molar-refractivity contribution in [2.75, 3.05) is 6.61 Å². The van der Waals surface area contributed by atoms with Crippen molar-refractivity contribution in [2.45, 2.75) is 19.4 Å². The summed E-state index contributed by atoms with van der Waals surface area (Å²) in [5.74, 6) is 0. The van der Waals surface area contributed by atoms with Crippen molar-refractivity contribution in [2.24, 2.45) is 5.73 Å². The van der Waals surface area contributed by atoms with Crippen LogP contribution in [0, 0.1) is 6.92 Å². The lowest BCUT2D eigenvalue weighted by molar-refractivity contribution is 0.210. The third-order valence-electron chi connectivity index (χ3n) is 2.16. The van der Waals surface area contributed by atoms with Gasteiger partial charge in [-0.05, 0) is 31.0 Å². The number of benzene rings is 1. The molecule has 0 bridgehead atoms. The average molecular weight is 244 g/mol. The molecule has 0 aliphatic rings. The Kier molecular flexibility index (Phi) is 3.11. The number of aliphatic hydroxyl groups excluding tert-OH is 1. The van der Waals surface area contributed by atoms with Crippen LogP contribution in [0.2, 0.25) is 0 Å². The summed E-state index contributed by atoms with van der Waals surface area (Å²) in [5.41, 5.74) is 7.33. The van der Waals surface area contributed by atoms with Crippen LogP contribution >= 0.6 is 15.9 Å². The van der Waals surface area contributed by atoms with Crippen LogP contribution in [0.25, 0.3) is 0 Å². The fraction of sp³-hybridized carbons (Fsp3) is 0.400. The smallest absolute Gasteiger partial charge is 0.0650 e. The molecule has 13 heavy (non-hydrogen) atoms. The standard InChI is InChI=1S/C10H14BrNO/c1-7-3-4-8(5-9(7)11)10(2,12)6-13/h3-5,13H,6,12H2,1-2H3/t10-/m1/s1. The average Bonchev–Trinajstić information content (AvgIpc) is 2.09. The quantitative estimate of drug-likeness (QED) is 0.834. The Balaban J connectivity index is 3.10. The summed E-state index contributed by atoms with van der Waals surface area (Å²) in [6, 6.07) is 5.88. The Bertz CT molecular complexity index is 310. The van der Waals surface area contributed by atoms with Crippen molar-refractivity contribution in [3.63, 3.8) is 0 Å². The first-order valence-electron chi connectivity index (χ1n) is 4.14. The van der Waals surface area contributed by atoms with Crippen LogP contribution < -0.4 is 5.73 Å². The van der Waals surface area contributed by atoms with E-state index in [0.717, 1.165) is 15.6 Å². The first kappa shape index (κ1) is 10.7. The molecular formula is C10H14BrNO. The molecule has 0 saturated heterocycles. The van der Waals surface area contributed by atoms with E-state index in [1.807, 2.05) is 32.0 Å². The zero-order chi connectivity index (χ0) is 10.1. The van der Waals surface area contributed by atoms with Crippen molar-refractivity contribution in [3.8, 4) is 0 Å². The number of rotatable bonds is 2. The fourth-order valence-corrected chi connectivity index (χ4v) is 1.42. The predicted octanol–water partition coefficient (Wildman–Crippen LogP) is 1.92. The van der Waals surface area contributed by atoms with Gasteiger partial charge < -0.3 is 10.8 Å². The second kappa shape index (κ2) is 3.78. The third-order valence-corrected chi connectivity index (χ3v) is 3.01. The Morgan fingerprint density at radius 2 is 2.15 bits per heavy atom. The molecule has 0 fully saturated rings. The molecule has 0 heterocycles. The van der Waals surface area contributed by atoms with Crippen LogP contribution in [0.1, 0.15) is 18.1 Å². The molecule has 72 valence electrons. The van der Waals surface area contributed by atoms with Crippen LogP contribution in [0.5, 0.6) is 0 Å². The zero-order valence-electron chi connectivity index (χ0n) is 7.84. The minimum Gasteiger partial charge on any atom is -0.394 e. The van der Waals surface area contributed by atoms with E-state index >= 15 is 0 Å². The van der Waals surface area contributed by atoms with Gasteiger partial charge in [0, 0.05) is 4.47 Å². The second-order valence-electron chi connectivity index (χ2n) is 3.54. The van der Waals surface area contributed by atoms with E-state index in [0.29, 0.717) is 0 Å². The van der Waals surface area contributed by atoms with Crippen molar-refractivity contribution in [1.29, 1.82) is 0 Å². The molecule has 0 saturated carbocycles. The van der Waals surface area contributed by atoms with E-state index in [9.17, 15) is 0 Å². The normalized spacial score (nSPS) is 15.5. The maximum absolute atomic E-state index is 9.07. The fourth-order valence-electron chi connectivity index (χ4n) is 1.04. The van der Waals surface area contributed by atoms with E-state index in [4.69, 9.17) is 10.8 Å². The highest BCUT2D eigenvalue weighted by molar-refractivity contribution is 9.10. The van der Waals surface area contributed by atoms with Crippen LogP contribution in [-0.4, -0.2) is 11.7 Å². The van der Waals surface area contributed by atoms with Gasteiger partial charge in [-0.1, -0.05) is 28.1 Å². The molecule has 3 heteroatoms. The van der Waals surface area contributed by atoms with Crippen LogP contribution in [0.15, 0.2) is 22.7 Å². The lowest BCUT2D eigenvalue weighted by Gasteiger charge is -2.22. The third kappa shape index (κ3) is 2.30. The molecule has 2 nitrogen and oxygen atoms in total. The van der Waals surface area contributed by atoms with Gasteiger partial charge in [0.15, 0.2) is 0 Å². The van der Waals surface area contributed by atoms with Crippen molar-refractivity contribution in [1.82, 2.24) is 0 Å². The minimum atomic E-state index is -0.657. The molecule has 3 N–H and O–H groups in total. The van der Waals surface area contributed by atoms with Gasteiger partial charge in [0.25, 0.3) is 0 Å². The molecule has 0 radical (unpaired) electrons. The number of hydrogen-bond acceptors (Lipinski definition) is 2. The number of hydrogen-bond donors (Lipinski definition) is 2. The highest BCUT2D eigenvalue weighted by atomic mass is 79.9. The number of nitrogens with two attached hydrogens (primary N) is 1. The van der Waals surface area contributed by atoms with Gasteiger partial charge in [-0.25, -0.2) is 0 Å². The summed E-state index contributed by atoms with van der Waals surface area (Å²) in [5, 5.41) is 9.07. The zero-order valence-corrected chi connectivity index (χ0v) is 9.43. The first-order chi connectivity index (χ1) is 5.97. The summed E-state index contributed by atoms with van der Waals surface area (Å²) in [4.78, 5) is 0. The first-order valence-corrected chi connectivity index (χ1v) is 4.93. The molecule has 1 aromatic carbocycles. The monoisotopic (exact) mass is 243 g/mol. The van der Waals surface area contributed by atoms with Crippen molar-refractivity contribution in [3.05, 3.63) is 33.8 Å². The summed E-state index contributed by atoms with van der Waals surface area (Å²) in [7, 11) is 0. The van der Waals surface area contributed by atoms with Crippen molar-refractivity contribution < 1.29 is 5.11 Å². The number of halogens is 1. The maximum Gasteiger partial charge on any atom is 0.0650 e. The minimum absolute atomic E-state index is 0.0531. The maximum atomic E-state index is 9.07. The molecule has 0 amide bonds. The Labute approximate surface area is 86.9 Å². The Morgan fingerprint density at radius 1 is 1.54 bits per heavy atom. The highest BCUT2D eigenvalue weighted by Crippen LogP contribution is 2.23. The second-order valence-corrected chi connectivity index (χ2v) is 4.39. The SMILES string of the molecule is Cc1ccc([C@](C)(N)CO)cc1Br. The molecule has 1 atom stereocenters. The topological polar surface area (TPSA) is 46.2 Å². The van der Waals surface area contributed by atoms with Crippen LogP contribution in [0.3, 0.4) is 0 Å². The summed E-state index contributed by atoms with van der Waals surface area (Å²) >= 11 is 3.43. The Hall–Kier alpha value is -0.380. The molecule has 0 unspecified atom stereocenters. The summed E-state index contributed by atoms with van der Waals surface area (Å²) in [6.07, 6.45) is 0. The highest BCUT2D eigenvalue weighted by Gasteiger charge is 2.19. The molecule has 0 aliphatic heterocycles. The van der Waals surface area contributed by atoms with E-state index in [2.05, 4.69) is 15.9 Å². The molecule has 0 aliphatic carbocycles. The van der Waals surface area contributed by atoms with Gasteiger partial charge >= 0.3 is 0 Å². The van der Waals surface area contributed by atoms with Gasteiger partial charge in [-0.15, -0.1) is 0 Å². The van der Waals surface area contributed by atoms with Crippen molar-refractivity contribution >= 4 is 15.9 Å². The van der Waals surface area contributed by atoms with Gasteiger partial charge in [0.05, 0.1) is 12.1 Å². The van der Waals surface area contributed by atoms with E-state index in [-0.39, 0.29) is 6.61 Å². The largest absolute Gasteiger partial charge is 0.394 e. The molecule has 1 rings (SSSR count). The van der Waals surface area contributed by atoms with E-state index in [1.165, 1.54) is 0 Å². The molecular weight excluding hydrogens is 230 g/mol. The van der Waals surface area contributed by atoms with Gasteiger partial charge in [0.2, 0.25) is 0 Å². The molecule has 1 aromatic rings. The lowest BCUT2D eigenvalue weighted by atomic mass is 9.94. The van der Waals surface area contributed by atoms with Crippen LogP contribution in [0.4, 0.5) is 0 Å². The van der Waals surface area contributed by atoms with Gasteiger partial charge in [-0.2, -0.15) is 0 Å². The lowest BCUT2D eigenvalue weighted by Crippen LogP contribution is -2.36. The number of aryl methyl sites for hydroxylation is 1. The predicted molar refractivity (Wildman–Crippen MR) is 57.5 cm³/mol. The number of aliphatic hydroxyl groups is 1. The van der Waals surface area contributed by atoms with E-state index in [1.54, 1.807) is 0 Å². The Morgan fingerprint density at radius 3 is 2.62 bits per heavy atom. The molecule has 0 spiro atoms. The summed E-state index contributed by atoms with van der Waals surface area (Å²) < 4.78 is 1.02. The molecule has 0 aromatic heterocycles. The van der Waals surface area contributed by atoms with Gasteiger partial charge in [-0.3, -0.25) is 0 Å². The van der Waals surface area contributed by atoms with Crippen LogP contribution in [-0.2, 0) is 5.54 Å².